The van der Waals surface area contributed by atoms with Crippen molar-refractivity contribution in [1.29, 1.82) is 0 Å². The predicted molar refractivity (Wildman–Crippen MR) is 122 cm³/mol. The van der Waals surface area contributed by atoms with Crippen molar-refractivity contribution in [2.75, 3.05) is 4.90 Å². The van der Waals surface area contributed by atoms with Gasteiger partial charge in [-0.1, -0.05) is 42.5 Å². The van der Waals surface area contributed by atoms with E-state index in [1.807, 2.05) is 52.1 Å². The van der Waals surface area contributed by atoms with Crippen molar-refractivity contribution in [2.45, 2.75) is 26.4 Å². The number of anilines is 1. The number of esters is 1. The van der Waals surface area contributed by atoms with Gasteiger partial charge < -0.3 is 14.1 Å². The molecular formula is C26H22FN3O3. The molecule has 1 aliphatic rings. The van der Waals surface area contributed by atoms with Gasteiger partial charge in [0.05, 0.1) is 18.4 Å². The molecule has 0 amide bonds. The number of para-hydroxylation sites is 1. The van der Waals surface area contributed by atoms with E-state index >= 15 is 0 Å². The van der Waals surface area contributed by atoms with Crippen molar-refractivity contribution in [3.63, 3.8) is 0 Å². The Morgan fingerprint density at radius 3 is 2.58 bits per heavy atom. The largest absolute Gasteiger partial charge is 0.469 e. The molecule has 3 heterocycles. The highest BCUT2D eigenvalue weighted by atomic mass is 19.1. The molecule has 0 bridgehead atoms. The number of benzene rings is 2. The number of carbonyl (C=O) groups is 1. The van der Waals surface area contributed by atoms with Gasteiger partial charge in [-0.3, -0.25) is 9.36 Å². The molecule has 0 spiro atoms. The third kappa shape index (κ3) is 4.30. The van der Waals surface area contributed by atoms with Gasteiger partial charge in [0.25, 0.3) is 0 Å². The van der Waals surface area contributed by atoms with E-state index in [0.29, 0.717) is 41.7 Å². The number of rotatable bonds is 6. The standard InChI is InChI=1S/C26H22FN3O3/c1-18(31)33-26-23(15-21-10-7-13-32-21)28-25-20(14-19-8-3-2-4-9-19)16-29(17-30(25)26)24-12-6-5-11-22(24)27/h2-13,16H,14-15,17H2,1H3. The molecule has 0 saturated carbocycles. The lowest BCUT2D eigenvalue weighted by molar-refractivity contribution is -0.132. The van der Waals surface area contributed by atoms with Crippen LogP contribution in [0.1, 0.15) is 29.8 Å². The zero-order valence-corrected chi connectivity index (χ0v) is 18.1. The second kappa shape index (κ2) is 8.78. The summed E-state index contributed by atoms with van der Waals surface area (Å²) >= 11 is 0. The third-order valence-electron chi connectivity index (χ3n) is 5.44. The van der Waals surface area contributed by atoms with Crippen molar-refractivity contribution >= 4 is 17.2 Å². The Morgan fingerprint density at radius 1 is 1.06 bits per heavy atom. The van der Waals surface area contributed by atoms with Gasteiger partial charge in [-0.05, 0) is 29.8 Å². The summed E-state index contributed by atoms with van der Waals surface area (Å²) in [6, 6.07) is 20.2. The quantitative estimate of drug-likeness (QED) is 0.384. The number of imidazole rings is 1. The van der Waals surface area contributed by atoms with Gasteiger partial charge in [0.1, 0.15) is 29.8 Å². The Labute approximate surface area is 190 Å². The number of ether oxygens (including phenoxy) is 1. The van der Waals surface area contributed by atoms with Crippen LogP contribution >= 0.6 is 0 Å². The van der Waals surface area contributed by atoms with Crippen molar-refractivity contribution in [2.24, 2.45) is 0 Å². The summed E-state index contributed by atoms with van der Waals surface area (Å²) in [7, 11) is 0. The topological polar surface area (TPSA) is 60.5 Å². The first-order valence-corrected chi connectivity index (χ1v) is 10.6. The number of aromatic nitrogens is 2. The van der Waals surface area contributed by atoms with Crippen LogP contribution in [0.5, 0.6) is 5.88 Å². The molecule has 0 N–H and O–H groups in total. The zero-order chi connectivity index (χ0) is 22.8. The monoisotopic (exact) mass is 443 g/mol. The van der Waals surface area contributed by atoms with Crippen molar-refractivity contribution < 1.29 is 18.3 Å². The summed E-state index contributed by atoms with van der Waals surface area (Å²) in [4.78, 5) is 18.6. The fourth-order valence-corrected chi connectivity index (χ4v) is 4.02. The summed E-state index contributed by atoms with van der Waals surface area (Å²) in [6.45, 7) is 1.61. The molecule has 0 radical (unpaired) electrons. The highest BCUT2D eigenvalue weighted by molar-refractivity contribution is 5.73. The molecule has 2 aromatic carbocycles. The molecule has 5 rings (SSSR count). The fraction of sp³-hybridized carbons (Fsp3) is 0.154. The minimum absolute atomic E-state index is 0.252. The predicted octanol–water partition coefficient (Wildman–Crippen LogP) is 5.19. The molecule has 4 aromatic rings. The SMILES string of the molecule is CC(=O)Oc1c(Cc2ccco2)nc2n1CN(c1ccccc1F)C=C2Cc1ccccc1. The first-order chi connectivity index (χ1) is 16.1. The number of carbonyl (C=O) groups excluding carboxylic acids is 1. The van der Waals surface area contributed by atoms with E-state index in [0.717, 1.165) is 11.1 Å². The molecule has 0 atom stereocenters. The van der Waals surface area contributed by atoms with Gasteiger partial charge in [0.2, 0.25) is 5.88 Å². The minimum Gasteiger partial charge on any atom is -0.469 e. The highest BCUT2D eigenvalue weighted by Gasteiger charge is 2.28. The summed E-state index contributed by atoms with van der Waals surface area (Å²) in [5, 5.41) is 0. The Kier molecular flexibility index (Phi) is 5.52. The lowest BCUT2D eigenvalue weighted by Gasteiger charge is -2.29. The van der Waals surface area contributed by atoms with Crippen LogP contribution in [0.25, 0.3) is 5.57 Å². The molecule has 6 nitrogen and oxygen atoms in total. The van der Waals surface area contributed by atoms with Crippen LogP contribution in [0.2, 0.25) is 0 Å². The molecule has 7 heteroatoms. The summed E-state index contributed by atoms with van der Waals surface area (Å²) in [5.41, 5.74) is 3.00. The lowest BCUT2D eigenvalue weighted by Crippen LogP contribution is -2.28. The van der Waals surface area contributed by atoms with Crippen LogP contribution in [0.3, 0.4) is 0 Å². The molecule has 0 aliphatic carbocycles. The number of nitrogens with zero attached hydrogens (tertiary/aromatic N) is 3. The van der Waals surface area contributed by atoms with Gasteiger partial charge in [0, 0.05) is 25.1 Å². The molecule has 1 aliphatic heterocycles. The molecule has 0 saturated heterocycles. The lowest BCUT2D eigenvalue weighted by atomic mass is 10.0. The number of fused-ring (bicyclic) bond motifs is 1. The minimum atomic E-state index is -0.449. The molecule has 0 fully saturated rings. The molecule has 2 aromatic heterocycles. The summed E-state index contributed by atoms with van der Waals surface area (Å²) in [6.07, 6.45) is 4.47. The van der Waals surface area contributed by atoms with E-state index < -0.39 is 5.97 Å². The van der Waals surface area contributed by atoms with Gasteiger partial charge in [-0.25, -0.2) is 9.37 Å². The Hall–Kier alpha value is -4.13. The number of hydrogen-bond donors (Lipinski definition) is 0. The zero-order valence-electron chi connectivity index (χ0n) is 18.1. The van der Waals surface area contributed by atoms with Crippen molar-refractivity contribution in [3.8, 4) is 5.88 Å². The van der Waals surface area contributed by atoms with Crippen LogP contribution in [0.15, 0.2) is 83.6 Å². The fourth-order valence-electron chi connectivity index (χ4n) is 4.02. The van der Waals surface area contributed by atoms with Crippen LogP contribution in [-0.4, -0.2) is 15.5 Å². The van der Waals surface area contributed by atoms with Gasteiger partial charge in [-0.2, -0.15) is 0 Å². The van der Waals surface area contributed by atoms with Gasteiger partial charge in [-0.15, -0.1) is 0 Å². The number of furan rings is 1. The molecule has 0 unspecified atom stereocenters. The first kappa shape index (κ1) is 20.8. The average Bonchev–Trinajstić information content (AvgIpc) is 3.43. The Bertz CT molecular complexity index is 1310. The van der Waals surface area contributed by atoms with Gasteiger partial charge >= 0.3 is 5.97 Å². The van der Waals surface area contributed by atoms with E-state index in [1.54, 1.807) is 30.5 Å². The first-order valence-electron chi connectivity index (χ1n) is 10.6. The second-order valence-corrected chi connectivity index (χ2v) is 7.84. The summed E-state index contributed by atoms with van der Waals surface area (Å²) in [5.74, 6) is 0.952. The van der Waals surface area contributed by atoms with Crippen LogP contribution < -0.4 is 9.64 Å². The average molecular weight is 443 g/mol. The third-order valence-corrected chi connectivity index (χ3v) is 5.44. The molecule has 33 heavy (non-hydrogen) atoms. The highest BCUT2D eigenvalue weighted by Crippen LogP contribution is 2.35. The normalized spacial score (nSPS) is 12.9. The van der Waals surface area contributed by atoms with Gasteiger partial charge in [0.15, 0.2) is 0 Å². The van der Waals surface area contributed by atoms with E-state index in [4.69, 9.17) is 14.1 Å². The van der Waals surface area contributed by atoms with E-state index in [9.17, 15) is 9.18 Å². The number of hydrogen-bond acceptors (Lipinski definition) is 5. The molecule has 166 valence electrons. The van der Waals surface area contributed by atoms with E-state index in [-0.39, 0.29) is 12.5 Å². The maximum absolute atomic E-state index is 14.7. The van der Waals surface area contributed by atoms with E-state index in [1.165, 1.54) is 13.0 Å². The Balaban J connectivity index is 1.63. The maximum atomic E-state index is 14.7. The number of halogens is 1. The second-order valence-electron chi connectivity index (χ2n) is 7.84. The van der Waals surface area contributed by atoms with Crippen LogP contribution in [-0.2, 0) is 24.3 Å². The molecular weight excluding hydrogens is 421 g/mol. The van der Waals surface area contributed by atoms with Crippen LogP contribution in [0.4, 0.5) is 10.1 Å². The van der Waals surface area contributed by atoms with Crippen molar-refractivity contribution in [3.05, 3.63) is 108 Å². The summed E-state index contributed by atoms with van der Waals surface area (Å²) < 4.78 is 27.6. The maximum Gasteiger partial charge on any atom is 0.309 e. The van der Waals surface area contributed by atoms with Crippen LogP contribution in [0, 0.1) is 5.82 Å². The smallest absolute Gasteiger partial charge is 0.309 e. The number of allylic oxidation sites excluding steroid dienone is 1. The van der Waals surface area contributed by atoms with Crippen molar-refractivity contribution in [1.82, 2.24) is 9.55 Å². The van der Waals surface area contributed by atoms with E-state index in [2.05, 4.69) is 0 Å². The Morgan fingerprint density at radius 2 is 1.85 bits per heavy atom.